The van der Waals surface area contributed by atoms with E-state index < -0.39 is 0 Å². The normalized spacial score (nSPS) is 20.3. The molecule has 3 aromatic rings. The van der Waals surface area contributed by atoms with E-state index in [4.69, 9.17) is 14.7 Å². The summed E-state index contributed by atoms with van der Waals surface area (Å²) in [6.45, 7) is 8.68. The van der Waals surface area contributed by atoms with Crippen molar-refractivity contribution in [1.29, 1.82) is 0 Å². The van der Waals surface area contributed by atoms with Crippen molar-refractivity contribution < 1.29 is 14.6 Å². The van der Waals surface area contributed by atoms with Crippen LogP contribution >= 0.6 is 0 Å². The molecule has 0 spiro atoms. The van der Waals surface area contributed by atoms with Crippen LogP contribution in [0.15, 0.2) is 42.5 Å². The lowest BCUT2D eigenvalue weighted by Crippen LogP contribution is -2.58. The molecule has 0 unspecified atom stereocenters. The van der Waals surface area contributed by atoms with E-state index in [0.29, 0.717) is 37.6 Å². The van der Waals surface area contributed by atoms with Crippen molar-refractivity contribution in [2.45, 2.75) is 38.9 Å². The highest BCUT2D eigenvalue weighted by Gasteiger charge is 2.43. The lowest BCUT2D eigenvalue weighted by Gasteiger charge is -2.45. The minimum atomic E-state index is -0.313. The molecule has 1 N–H and O–H groups in total. The average Bonchev–Trinajstić information content (AvgIpc) is 2.76. The molecule has 2 aromatic carbocycles. The molecule has 0 radical (unpaired) electrons. The van der Waals surface area contributed by atoms with Crippen LogP contribution in [0.4, 0.5) is 5.82 Å². The van der Waals surface area contributed by atoms with Gasteiger partial charge >= 0.3 is 0 Å². The smallest absolute Gasteiger partial charge is 0.251 e. The van der Waals surface area contributed by atoms with Gasteiger partial charge in [0, 0.05) is 38.0 Å². The molecule has 5 rings (SSSR count). The Hall–Kier alpha value is -3.19. The molecule has 0 aliphatic carbocycles. The number of hydrogen-bond donors (Lipinski definition) is 1. The average molecular weight is 433 g/mol. The van der Waals surface area contributed by atoms with Crippen molar-refractivity contribution in [3.8, 4) is 17.1 Å². The predicted molar refractivity (Wildman–Crippen MR) is 124 cm³/mol. The van der Waals surface area contributed by atoms with Crippen LogP contribution < -0.4 is 4.90 Å². The van der Waals surface area contributed by atoms with Crippen molar-refractivity contribution in [3.63, 3.8) is 0 Å². The number of aryl methyl sites for hydroxylation is 1. The molecule has 7 nitrogen and oxygen atoms in total. The van der Waals surface area contributed by atoms with Gasteiger partial charge in [-0.25, -0.2) is 9.97 Å². The standard InChI is InChI=1S/C25H28N4O3/c1-16-8-9-17-19(14-16)26-22(18-6-4-5-7-20(18)30)27-23(17)28-10-12-29(13-11-28)24(31)21-15-25(2,3)32-21/h4-9,14,21,30H,10-13,15H2,1-3H3/t21-/m1/s1. The Bertz CT molecular complexity index is 1180. The first-order valence-corrected chi connectivity index (χ1v) is 11.1. The van der Waals surface area contributed by atoms with E-state index in [-0.39, 0.29) is 23.4 Å². The first-order valence-electron chi connectivity index (χ1n) is 11.1. The second-order valence-corrected chi connectivity index (χ2v) is 9.29. The van der Waals surface area contributed by atoms with Gasteiger partial charge in [-0.1, -0.05) is 18.2 Å². The highest BCUT2D eigenvalue weighted by atomic mass is 16.5. The quantitative estimate of drug-likeness (QED) is 0.682. The van der Waals surface area contributed by atoms with Gasteiger partial charge in [-0.05, 0) is 50.6 Å². The highest BCUT2D eigenvalue weighted by Crippen LogP contribution is 2.34. The summed E-state index contributed by atoms with van der Waals surface area (Å²) >= 11 is 0. The van der Waals surface area contributed by atoms with Crippen molar-refractivity contribution in [2.75, 3.05) is 31.1 Å². The number of anilines is 1. The van der Waals surface area contributed by atoms with E-state index >= 15 is 0 Å². The fraction of sp³-hybridized carbons (Fsp3) is 0.400. The second kappa shape index (κ2) is 7.74. The molecule has 0 bridgehead atoms. The molecule has 166 valence electrons. The van der Waals surface area contributed by atoms with E-state index in [0.717, 1.165) is 28.7 Å². The molecular weight excluding hydrogens is 404 g/mol. The van der Waals surface area contributed by atoms with Crippen LogP contribution in [-0.2, 0) is 9.53 Å². The molecule has 2 aliphatic rings. The number of phenolic OH excluding ortho intramolecular Hbond substituents is 1. The summed E-state index contributed by atoms with van der Waals surface area (Å²) in [4.78, 5) is 26.5. The number of phenols is 1. The number of para-hydroxylation sites is 1. The predicted octanol–water partition coefficient (Wildman–Crippen LogP) is 3.53. The Morgan fingerprint density at radius 3 is 2.50 bits per heavy atom. The summed E-state index contributed by atoms with van der Waals surface area (Å²) in [6.07, 6.45) is 0.457. The largest absolute Gasteiger partial charge is 0.507 e. The highest BCUT2D eigenvalue weighted by molar-refractivity contribution is 5.92. The van der Waals surface area contributed by atoms with Crippen molar-refractivity contribution in [2.24, 2.45) is 0 Å². The fourth-order valence-corrected chi connectivity index (χ4v) is 4.55. The molecule has 1 atom stereocenters. The number of aromatic nitrogens is 2. The van der Waals surface area contributed by atoms with E-state index in [1.807, 2.05) is 43.9 Å². The monoisotopic (exact) mass is 432 g/mol. The molecule has 7 heteroatoms. The Morgan fingerprint density at radius 2 is 1.81 bits per heavy atom. The maximum absolute atomic E-state index is 12.8. The van der Waals surface area contributed by atoms with Crippen LogP contribution in [0.5, 0.6) is 5.75 Å². The van der Waals surface area contributed by atoms with E-state index in [2.05, 4.69) is 17.0 Å². The Labute approximate surface area is 187 Å². The summed E-state index contributed by atoms with van der Waals surface area (Å²) in [5, 5.41) is 11.3. The Morgan fingerprint density at radius 1 is 1.09 bits per heavy atom. The third-order valence-electron chi connectivity index (χ3n) is 6.28. The minimum Gasteiger partial charge on any atom is -0.507 e. The maximum atomic E-state index is 12.8. The van der Waals surface area contributed by atoms with Crippen LogP contribution in [0, 0.1) is 6.92 Å². The van der Waals surface area contributed by atoms with Crippen molar-refractivity contribution in [3.05, 3.63) is 48.0 Å². The van der Waals surface area contributed by atoms with Crippen LogP contribution in [-0.4, -0.2) is 63.8 Å². The summed E-state index contributed by atoms with van der Waals surface area (Å²) in [7, 11) is 0. The number of ether oxygens (including phenoxy) is 1. The van der Waals surface area contributed by atoms with Crippen molar-refractivity contribution in [1.82, 2.24) is 14.9 Å². The number of aromatic hydroxyl groups is 1. The zero-order chi connectivity index (χ0) is 22.5. The molecule has 2 aliphatic heterocycles. The summed E-state index contributed by atoms with van der Waals surface area (Å²) in [5.74, 6) is 1.58. The fourth-order valence-electron chi connectivity index (χ4n) is 4.55. The zero-order valence-electron chi connectivity index (χ0n) is 18.7. The number of carbonyl (C=O) groups excluding carboxylic acids is 1. The van der Waals surface area contributed by atoms with Crippen LogP contribution in [0.3, 0.4) is 0 Å². The molecule has 32 heavy (non-hydrogen) atoms. The van der Waals surface area contributed by atoms with Crippen LogP contribution in [0.1, 0.15) is 25.8 Å². The SMILES string of the molecule is Cc1ccc2c(N3CCN(C(=O)[C@H]4CC(C)(C)O4)CC3)nc(-c3ccccc3O)nc2c1. The van der Waals surface area contributed by atoms with Gasteiger partial charge in [-0.2, -0.15) is 0 Å². The lowest BCUT2D eigenvalue weighted by molar-refractivity contribution is -0.200. The van der Waals surface area contributed by atoms with Gasteiger partial charge in [-0.3, -0.25) is 4.79 Å². The zero-order valence-corrected chi connectivity index (χ0v) is 18.7. The molecule has 2 fully saturated rings. The Kier molecular flexibility index (Phi) is 5.01. The van der Waals surface area contributed by atoms with Gasteiger partial charge in [0.25, 0.3) is 5.91 Å². The summed E-state index contributed by atoms with van der Waals surface area (Å²) < 4.78 is 5.75. The van der Waals surface area contributed by atoms with E-state index in [9.17, 15) is 9.90 Å². The molecule has 0 saturated carbocycles. The summed E-state index contributed by atoms with van der Waals surface area (Å²) in [5.41, 5.74) is 2.37. The number of fused-ring (bicyclic) bond motifs is 1. The number of piperazine rings is 1. The van der Waals surface area contributed by atoms with Crippen LogP contribution in [0.2, 0.25) is 0 Å². The third kappa shape index (κ3) is 3.77. The van der Waals surface area contributed by atoms with E-state index in [1.165, 1.54) is 0 Å². The topological polar surface area (TPSA) is 78.8 Å². The van der Waals surface area contributed by atoms with Gasteiger partial charge in [-0.15, -0.1) is 0 Å². The lowest BCUT2D eigenvalue weighted by atomic mass is 9.92. The van der Waals surface area contributed by atoms with Gasteiger partial charge < -0.3 is 19.6 Å². The van der Waals surface area contributed by atoms with Gasteiger partial charge in [0.1, 0.15) is 17.7 Å². The molecule has 3 heterocycles. The number of rotatable bonds is 3. The van der Waals surface area contributed by atoms with E-state index in [1.54, 1.807) is 12.1 Å². The number of hydrogen-bond acceptors (Lipinski definition) is 6. The van der Waals surface area contributed by atoms with Gasteiger partial charge in [0.2, 0.25) is 0 Å². The maximum Gasteiger partial charge on any atom is 0.251 e. The third-order valence-corrected chi connectivity index (χ3v) is 6.28. The van der Waals surface area contributed by atoms with Crippen molar-refractivity contribution >= 4 is 22.6 Å². The van der Waals surface area contributed by atoms with Crippen LogP contribution in [0.25, 0.3) is 22.3 Å². The van der Waals surface area contributed by atoms with Gasteiger partial charge in [0.15, 0.2) is 5.82 Å². The molecule has 1 amide bonds. The number of benzene rings is 2. The second-order valence-electron chi connectivity index (χ2n) is 9.29. The number of carbonyl (C=O) groups is 1. The Balaban J connectivity index is 1.43. The number of nitrogens with zero attached hydrogens (tertiary/aromatic N) is 4. The molecule has 2 saturated heterocycles. The molecule has 1 aromatic heterocycles. The minimum absolute atomic E-state index is 0.0852. The number of amides is 1. The van der Waals surface area contributed by atoms with Gasteiger partial charge in [0.05, 0.1) is 16.7 Å². The molecular formula is C25H28N4O3. The summed E-state index contributed by atoms with van der Waals surface area (Å²) in [6, 6.07) is 13.3. The first-order chi connectivity index (χ1) is 15.3. The first kappa shape index (κ1) is 20.7.